The van der Waals surface area contributed by atoms with Crippen molar-refractivity contribution in [3.05, 3.63) is 34.9 Å². The van der Waals surface area contributed by atoms with Gasteiger partial charge in [0.05, 0.1) is 0 Å². The second-order valence-corrected chi connectivity index (χ2v) is 6.88. The Balaban J connectivity index is 1.79. The van der Waals surface area contributed by atoms with Gasteiger partial charge in [-0.2, -0.15) is 11.8 Å². The van der Waals surface area contributed by atoms with Crippen molar-refractivity contribution in [1.29, 1.82) is 0 Å². The Hall–Kier alpha value is -0.710. The van der Waals surface area contributed by atoms with Gasteiger partial charge in [-0.3, -0.25) is 4.79 Å². The predicted molar refractivity (Wildman–Crippen MR) is 84.1 cm³/mol. The van der Waals surface area contributed by atoms with E-state index in [2.05, 4.69) is 0 Å². The van der Waals surface area contributed by atoms with Crippen molar-refractivity contribution in [3.8, 4) is 0 Å². The van der Waals surface area contributed by atoms with Gasteiger partial charge in [-0.1, -0.05) is 36.2 Å². The minimum atomic E-state index is -1.01. The minimum Gasteiger partial charge on any atom is -0.480 e. The van der Waals surface area contributed by atoms with Crippen molar-refractivity contribution in [2.75, 3.05) is 5.75 Å². The van der Waals surface area contributed by atoms with Crippen LogP contribution in [0.3, 0.4) is 0 Å². The lowest BCUT2D eigenvalue weighted by molar-refractivity contribution is -0.144. The lowest BCUT2D eigenvalue weighted by Gasteiger charge is -2.26. The molecule has 3 N–H and O–H groups in total. The molecule has 110 valence electrons. The summed E-state index contributed by atoms with van der Waals surface area (Å²) in [6.45, 7) is 0. The van der Waals surface area contributed by atoms with Crippen molar-refractivity contribution in [3.63, 3.8) is 0 Å². The summed E-state index contributed by atoms with van der Waals surface area (Å²) in [6, 6.07) is 7.82. The van der Waals surface area contributed by atoms with Crippen LogP contribution in [0, 0.1) is 5.92 Å². The zero-order valence-corrected chi connectivity index (χ0v) is 12.9. The SMILES string of the molecule is NC1(C(=O)O)CCCC1CCSCc1ccccc1Cl. The van der Waals surface area contributed by atoms with E-state index < -0.39 is 11.5 Å². The Labute approximate surface area is 128 Å². The third-order valence-electron chi connectivity index (χ3n) is 4.10. The largest absolute Gasteiger partial charge is 0.480 e. The van der Waals surface area contributed by atoms with Gasteiger partial charge in [-0.05, 0) is 42.6 Å². The number of thioether (sulfide) groups is 1. The van der Waals surface area contributed by atoms with Gasteiger partial charge in [0.25, 0.3) is 0 Å². The number of carboxylic acid groups (broad SMARTS) is 1. The predicted octanol–water partition coefficient (Wildman–Crippen LogP) is 3.55. The molecule has 0 saturated heterocycles. The Kier molecular flexibility index (Phi) is 5.35. The first-order valence-electron chi connectivity index (χ1n) is 6.87. The number of hydrogen-bond acceptors (Lipinski definition) is 3. The van der Waals surface area contributed by atoms with E-state index in [1.54, 1.807) is 11.8 Å². The van der Waals surface area contributed by atoms with E-state index in [0.717, 1.165) is 41.4 Å². The normalized spacial score (nSPS) is 25.8. The summed E-state index contributed by atoms with van der Waals surface area (Å²) in [5.74, 6) is 1.02. The van der Waals surface area contributed by atoms with Gasteiger partial charge in [0, 0.05) is 10.8 Å². The van der Waals surface area contributed by atoms with Crippen LogP contribution in [0.25, 0.3) is 0 Å². The lowest BCUT2D eigenvalue weighted by Crippen LogP contribution is -2.51. The molecule has 1 aromatic carbocycles. The van der Waals surface area contributed by atoms with Crippen LogP contribution < -0.4 is 5.73 Å². The van der Waals surface area contributed by atoms with Crippen LogP contribution in [-0.2, 0) is 10.5 Å². The second kappa shape index (κ2) is 6.83. The molecule has 3 nitrogen and oxygen atoms in total. The molecule has 1 saturated carbocycles. The standard InChI is InChI=1S/C15H20ClNO2S/c16-13-6-2-1-4-11(13)10-20-9-7-12-5-3-8-15(12,17)14(18)19/h1-2,4,6,12H,3,5,7-10,17H2,(H,18,19). The molecule has 1 aliphatic rings. The molecule has 2 unspecified atom stereocenters. The number of carboxylic acids is 1. The molecule has 20 heavy (non-hydrogen) atoms. The molecule has 0 aromatic heterocycles. The van der Waals surface area contributed by atoms with Crippen LogP contribution in [0.15, 0.2) is 24.3 Å². The van der Waals surface area contributed by atoms with Crippen LogP contribution in [0.5, 0.6) is 0 Å². The van der Waals surface area contributed by atoms with E-state index in [1.807, 2.05) is 24.3 Å². The average Bonchev–Trinajstić information content (AvgIpc) is 2.79. The number of rotatable bonds is 6. The number of nitrogens with two attached hydrogens (primary N) is 1. The summed E-state index contributed by atoms with van der Waals surface area (Å²) >= 11 is 7.89. The Morgan fingerprint density at radius 3 is 2.95 bits per heavy atom. The molecular formula is C15H20ClNO2S. The topological polar surface area (TPSA) is 63.3 Å². The average molecular weight is 314 g/mol. The van der Waals surface area contributed by atoms with Gasteiger partial charge in [-0.25, -0.2) is 0 Å². The maximum Gasteiger partial charge on any atom is 0.323 e. The monoisotopic (exact) mass is 313 g/mol. The van der Waals surface area contributed by atoms with Crippen molar-refractivity contribution >= 4 is 29.3 Å². The smallest absolute Gasteiger partial charge is 0.323 e. The zero-order valence-electron chi connectivity index (χ0n) is 11.3. The zero-order chi connectivity index (χ0) is 14.6. The number of hydrogen-bond donors (Lipinski definition) is 2. The molecule has 0 heterocycles. The molecule has 1 aliphatic carbocycles. The van der Waals surface area contributed by atoms with Gasteiger partial charge in [0.15, 0.2) is 0 Å². The molecule has 1 aromatic rings. The number of halogens is 1. The first kappa shape index (κ1) is 15.7. The third kappa shape index (κ3) is 3.48. The summed E-state index contributed by atoms with van der Waals surface area (Å²) < 4.78 is 0. The maximum atomic E-state index is 11.3. The number of carbonyl (C=O) groups is 1. The summed E-state index contributed by atoms with van der Waals surface area (Å²) in [6.07, 6.45) is 3.30. The summed E-state index contributed by atoms with van der Waals surface area (Å²) in [5, 5.41) is 10.1. The lowest BCUT2D eigenvalue weighted by atomic mass is 9.86. The van der Waals surface area contributed by atoms with E-state index in [-0.39, 0.29) is 5.92 Å². The molecule has 0 spiro atoms. The summed E-state index contributed by atoms with van der Waals surface area (Å²) in [5.41, 5.74) is 6.15. The third-order valence-corrected chi connectivity index (χ3v) is 5.50. The van der Waals surface area contributed by atoms with Gasteiger partial charge < -0.3 is 10.8 Å². The minimum absolute atomic E-state index is 0.0961. The van der Waals surface area contributed by atoms with Crippen molar-refractivity contribution in [2.24, 2.45) is 11.7 Å². The highest BCUT2D eigenvalue weighted by Gasteiger charge is 2.45. The van der Waals surface area contributed by atoms with Crippen LogP contribution >= 0.6 is 23.4 Å². The molecule has 0 aliphatic heterocycles. The fourth-order valence-electron chi connectivity index (χ4n) is 2.81. The Morgan fingerprint density at radius 2 is 2.25 bits per heavy atom. The number of aliphatic carboxylic acids is 1. The van der Waals surface area contributed by atoms with Crippen molar-refractivity contribution in [1.82, 2.24) is 0 Å². The Bertz CT molecular complexity index is 483. The highest BCUT2D eigenvalue weighted by atomic mass is 35.5. The fraction of sp³-hybridized carbons (Fsp3) is 0.533. The van der Waals surface area contributed by atoms with Crippen LogP contribution in [-0.4, -0.2) is 22.4 Å². The first-order valence-corrected chi connectivity index (χ1v) is 8.41. The van der Waals surface area contributed by atoms with Gasteiger partial charge in [0.2, 0.25) is 0 Å². The molecule has 0 amide bonds. The first-order chi connectivity index (χ1) is 9.54. The molecule has 0 bridgehead atoms. The highest BCUT2D eigenvalue weighted by molar-refractivity contribution is 7.98. The van der Waals surface area contributed by atoms with Crippen LogP contribution in [0.1, 0.15) is 31.2 Å². The molecule has 1 fully saturated rings. The summed E-state index contributed by atoms with van der Waals surface area (Å²) in [4.78, 5) is 11.3. The van der Waals surface area contributed by atoms with E-state index in [0.29, 0.717) is 6.42 Å². The van der Waals surface area contributed by atoms with Crippen LogP contribution in [0.4, 0.5) is 0 Å². The fourth-order valence-corrected chi connectivity index (χ4v) is 4.16. The van der Waals surface area contributed by atoms with E-state index >= 15 is 0 Å². The Morgan fingerprint density at radius 1 is 1.50 bits per heavy atom. The molecule has 2 atom stereocenters. The summed E-state index contributed by atoms with van der Waals surface area (Å²) in [7, 11) is 0. The van der Waals surface area contributed by atoms with Crippen LogP contribution in [0.2, 0.25) is 5.02 Å². The molecular weight excluding hydrogens is 294 g/mol. The van der Waals surface area contributed by atoms with Crippen molar-refractivity contribution < 1.29 is 9.90 Å². The highest BCUT2D eigenvalue weighted by Crippen LogP contribution is 2.37. The van der Waals surface area contributed by atoms with E-state index in [9.17, 15) is 9.90 Å². The van der Waals surface area contributed by atoms with E-state index in [4.69, 9.17) is 17.3 Å². The number of benzene rings is 1. The van der Waals surface area contributed by atoms with Gasteiger partial charge in [0.1, 0.15) is 5.54 Å². The van der Waals surface area contributed by atoms with Gasteiger partial charge >= 0.3 is 5.97 Å². The maximum absolute atomic E-state index is 11.3. The molecule has 0 radical (unpaired) electrons. The van der Waals surface area contributed by atoms with Gasteiger partial charge in [-0.15, -0.1) is 0 Å². The van der Waals surface area contributed by atoms with Crippen molar-refractivity contribution in [2.45, 2.75) is 37.0 Å². The van der Waals surface area contributed by atoms with E-state index in [1.165, 1.54) is 0 Å². The molecule has 5 heteroatoms. The quantitative estimate of drug-likeness (QED) is 0.788. The molecule has 2 rings (SSSR count). The second-order valence-electron chi connectivity index (χ2n) is 5.37.